The van der Waals surface area contributed by atoms with Gasteiger partial charge in [-0.25, -0.2) is 0 Å². The van der Waals surface area contributed by atoms with Crippen molar-refractivity contribution < 1.29 is 9.90 Å². The molecule has 0 saturated carbocycles. The van der Waals surface area contributed by atoms with Crippen LogP contribution in [0, 0.1) is 11.8 Å². The van der Waals surface area contributed by atoms with E-state index < -0.39 is 5.97 Å². The van der Waals surface area contributed by atoms with Gasteiger partial charge in [0, 0.05) is 0 Å². The normalized spacial score (nSPS) is 13.2. The van der Waals surface area contributed by atoms with Crippen LogP contribution < -0.4 is 0 Å². The first kappa shape index (κ1) is 34.5. The van der Waals surface area contributed by atoms with Crippen molar-refractivity contribution in [3.05, 3.63) is 0 Å². The van der Waals surface area contributed by atoms with Gasteiger partial charge in [-0.15, -0.1) is 0 Å². The summed E-state index contributed by atoms with van der Waals surface area (Å²) < 4.78 is 0. The van der Waals surface area contributed by atoms with Crippen molar-refractivity contribution in [2.75, 3.05) is 0 Å². The molecule has 0 spiro atoms. The third-order valence-corrected chi connectivity index (χ3v) is 7.99. The molecular weight excluding hydrogens is 428 g/mol. The molecule has 0 aromatic heterocycles. The van der Waals surface area contributed by atoms with E-state index in [0.717, 1.165) is 19.3 Å². The van der Waals surface area contributed by atoms with Crippen molar-refractivity contribution in [2.45, 2.75) is 194 Å². The minimum atomic E-state index is -0.561. The maximum absolute atomic E-state index is 11.7. The van der Waals surface area contributed by atoms with Crippen molar-refractivity contribution in [3.63, 3.8) is 0 Å². The minimum Gasteiger partial charge on any atom is -0.481 e. The monoisotopic (exact) mass is 495 g/mol. The zero-order valence-corrected chi connectivity index (χ0v) is 24.6. The first-order valence-corrected chi connectivity index (χ1v) is 16.3. The van der Waals surface area contributed by atoms with Gasteiger partial charge in [-0.05, 0) is 18.8 Å². The Balaban J connectivity index is 3.55. The third kappa shape index (κ3) is 26.3. The zero-order valence-electron chi connectivity index (χ0n) is 24.6. The highest BCUT2D eigenvalue weighted by atomic mass is 16.4. The van der Waals surface area contributed by atoms with E-state index in [1.807, 2.05) is 0 Å². The molecule has 0 fully saturated rings. The van der Waals surface area contributed by atoms with Crippen LogP contribution in [0.3, 0.4) is 0 Å². The van der Waals surface area contributed by atoms with Crippen LogP contribution >= 0.6 is 0 Å². The Bertz CT molecular complexity index is 419. The minimum absolute atomic E-state index is 0.120. The van der Waals surface area contributed by atoms with Crippen molar-refractivity contribution >= 4 is 5.97 Å². The average Bonchev–Trinajstić information content (AvgIpc) is 2.84. The molecule has 0 heterocycles. The van der Waals surface area contributed by atoms with Crippen LogP contribution in [0.4, 0.5) is 0 Å². The summed E-state index contributed by atoms with van der Waals surface area (Å²) in [4.78, 5) is 11.7. The maximum Gasteiger partial charge on any atom is 0.306 e. The smallest absolute Gasteiger partial charge is 0.306 e. The summed E-state index contributed by atoms with van der Waals surface area (Å²) in [5.41, 5.74) is 0. The standard InChI is InChI=1S/C33H66O2/c1-4-6-8-10-12-14-16-17-18-19-21-23-25-27-29-32(33(34)35)30-31(3)28-26-24-22-20-15-13-11-9-7-5-2/h31-32H,4-30H2,1-3H3,(H,34,35). The van der Waals surface area contributed by atoms with E-state index in [-0.39, 0.29) is 5.92 Å². The van der Waals surface area contributed by atoms with Gasteiger partial charge in [0.2, 0.25) is 0 Å². The largest absolute Gasteiger partial charge is 0.481 e. The topological polar surface area (TPSA) is 37.3 Å². The Morgan fingerprint density at radius 2 is 0.771 bits per heavy atom. The number of hydrogen-bond acceptors (Lipinski definition) is 1. The van der Waals surface area contributed by atoms with Crippen LogP contribution in [0.15, 0.2) is 0 Å². The van der Waals surface area contributed by atoms with Crippen LogP contribution in [0.25, 0.3) is 0 Å². The summed E-state index contributed by atoms with van der Waals surface area (Å²) in [5.74, 6) is -0.128. The first-order chi connectivity index (χ1) is 17.1. The number of rotatable bonds is 29. The number of hydrogen-bond donors (Lipinski definition) is 1. The van der Waals surface area contributed by atoms with Crippen LogP contribution in [-0.4, -0.2) is 11.1 Å². The quantitative estimate of drug-likeness (QED) is 0.105. The average molecular weight is 495 g/mol. The summed E-state index contributed by atoms with van der Waals surface area (Å²) in [6, 6.07) is 0. The molecular formula is C33H66O2. The molecule has 0 amide bonds. The molecule has 0 bridgehead atoms. The predicted molar refractivity (Wildman–Crippen MR) is 156 cm³/mol. The summed E-state index contributed by atoms with van der Waals surface area (Å²) in [7, 11) is 0. The van der Waals surface area contributed by atoms with E-state index in [1.54, 1.807) is 0 Å². The summed E-state index contributed by atoms with van der Waals surface area (Å²) in [6.45, 7) is 6.83. The molecule has 0 aliphatic heterocycles. The highest BCUT2D eigenvalue weighted by Gasteiger charge is 2.19. The molecule has 2 atom stereocenters. The Hall–Kier alpha value is -0.530. The molecule has 35 heavy (non-hydrogen) atoms. The summed E-state index contributed by atoms with van der Waals surface area (Å²) in [6.07, 6.45) is 35.7. The van der Waals surface area contributed by atoms with E-state index in [2.05, 4.69) is 20.8 Å². The second-order valence-corrected chi connectivity index (χ2v) is 11.7. The Morgan fingerprint density at radius 3 is 1.09 bits per heavy atom. The molecule has 0 radical (unpaired) electrons. The Morgan fingerprint density at radius 1 is 0.486 bits per heavy atom. The van der Waals surface area contributed by atoms with E-state index in [9.17, 15) is 9.90 Å². The first-order valence-electron chi connectivity index (χ1n) is 16.3. The van der Waals surface area contributed by atoms with Gasteiger partial charge in [0.05, 0.1) is 5.92 Å². The molecule has 210 valence electrons. The molecule has 0 aromatic rings. The van der Waals surface area contributed by atoms with Crippen molar-refractivity contribution in [2.24, 2.45) is 11.8 Å². The fourth-order valence-electron chi connectivity index (χ4n) is 5.51. The molecule has 2 unspecified atom stereocenters. The third-order valence-electron chi connectivity index (χ3n) is 7.99. The number of unbranched alkanes of at least 4 members (excludes halogenated alkanes) is 22. The molecule has 0 aliphatic carbocycles. The molecule has 1 N–H and O–H groups in total. The number of carboxylic acid groups (broad SMARTS) is 1. The number of carbonyl (C=O) groups is 1. The molecule has 0 aliphatic rings. The SMILES string of the molecule is CCCCCCCCCCCCCCCCC(CC(C)CCCCCCCCCCCC)C(=O)O. The van der Waals surface area contributed by atoms with Crippen LogP contribution in [-0.2, 0) is 4.79 Å². The van der Waals surface area contributed by atoms with Gasteiger partial charge in [0.25, 0.3) is 0 Å². The lowest BCUT2D eigenvalue weighted by atomic mass is 9.88. The molecule has 0 aromatic carbocycles. The van der Waals surface area contributed by atoms with Crippen molar-refractivity contribution in [1.29, 1.82) is 0 Å². The van der Waals surface area contributed by atoms with E-state index in [4.69, 9.17) is 0 Å². The second kappa shape index (κ2) is 28.0. The summed E-state index contributed by atoms with van der Waals surface area (Å²) >= 11 is 0. The highest BCUT2D eigenvalue weighted by Crippen LogP contribution is 2.24. The second-order valence-electron chi connectivity index (χ2n) is 11.7. The van der Waals surface area contributed by atoms with Gasteiger partial charge in [0.1, 0.15) is 0 Å². The van der Waals surface area contributed by atoms with E-state index in [0.29, 0.717) is 5.92 Å². The lowest BCUT2D eigenvalue weighted by Gasteiger charge is -2.17. The van der Waals surface area contributed by atoms with Gasteiger partial charge in [-0.2, -0.15) is 0 Å². The lowest BCUT2D eigenvalue weighted by Crippen LogP contribution is -2.17. The van der Waals surface area contributed by atoms with Crippen molar-refractivity contribution in [3.8, 4) is 0 Å². The molecule has 0 saturated heterocycles. The van der Waals surface area contributed by atoms with E-state index in [1.165, 1.54) is 154 Å². The fraction of sp³-hybridized carbons (Fsp3) is 0.970. The zero-order chi connectivity index (χ0) is 25.8. The molecule has 0 rings (SSSR count). The van der Waals surface area contributed by atoms with Gasteiger partial charge in [-0.3, -0.25) is 4.79 Å². The lowest BCUT2D eigenvalue weighted by molar-refractivity contribution is -0.142. The Kier molecular flexibility index (Phi) is 27.6. The van der Waals surface area contributed by atoms with Crippen LogP contribution in [0.2, 0.25) is 0 Å². The van der Waals surface area contributed by atoms with Crippen LogP contribution in [0.1, 0.15) is 194 Å². The maximum atomic E-state index is 11.7. The number of aliphatic carboxylic acids is 1. The van der Waals surface area contributed by atoms with Gasteiger partial charge in [-0.1, -0.05) is 181 Å². The highest BCUT2D eigenvalue weighted by molar-refractivity contribution is 5.69. The van der Waals surface area contributed by atoms with Gasteiger partial charge >= 0.3 is 5.97 Å². The summed E-state index contributed by atoms with van der Waals surface area (Å²) in [5, 5.41) is 9.67. The molecule has 2 nitrogen and oxygen atoms in total. The van der Waals surface area contributed by atoms with E-state index >= 15 is 0 Å². The molecule has 2 heteroatoms. The fourth-order valence-corrected chi connectivity index (χ4v) is 5.51. The number of carboxylic acids is 1. The Labute approximate surface area is 221 Å². The van der Waals surface area contributed by atoms with Gasteiger partial charge < -0.3 is 5.11 Å². The predicted octanol–water partition coefficient (Wildman–Crippen LogP) is 11.9. The van der Waals surface area contributed by atoms with Crippen LogP contribution in [0.5, 0.6) is 0 Å². The van der Waals surface area contributed by atoms with Crippen molar-refractivity contribution in [1.82, 2.24) is 0 Å². The van der Waals surface area contributed by atoms with Gasteiger partial charge in [0.15, 0.2) is 0 Å².